The van der Waals surface area contributed by atoms with Gasteiger partial charge in [-0.05, 0) is 56.9 Å². The lowest BCUT2D eigenvalue weighted by Crippen LogP contribution is -2.35. The van der Waals surface area contributed by atoms with Crippen LogP contribution in [0.25, 0.3) is 0 Å². The Hall–Kier alpha value is -2.30. The second-order valence-electron chi connectivity index (χ2n) is 5.95. The molecule has 1 aromatic heterocycles. The Balaban J connectivity index is 1.74. The molecule has 3 rings (SSSR count). The molecule has 23 heavy (non-hydrogen) atoms. The van der Waals surface area contributed by atoms with Gasteiger partial charge in [0.15, 0.2) is 0 Å². The number of anilines is 1. The van der Waals surface area contributed by atoms with E-state index in [2.05, 4.69) is 5.16 Å². The highest BCUT2D eigenvalue weighted by molar-refractivity contribution is 5.94. The first kappa shape index (κ1) is 15.6. The van der Waals surface area contributed by atoms with Gasteiger partial charge in [-0.15, -0.1) is 0 Å². The van der Waals surface area contributed by atoms with E-state index in [9.17, 15) is 4.79 Å². The molecular weight excluding hydrogens is 292 g/mol. The van der Waals surface area contributed by atoms with Crippen molar-refractivity contribution in [3.8, 4) is 5.75 Å². The molecule has 0 unspecified atom stereocenters. The van der Waals surface area contributed by atoms with Crippen molar-refractivity contribution in [2.75, 3.05) is 18.6 Å². The SMILES string of the molecule is COc1ccc2c(c1)CCCN2C(=O)CCc1c(C)noc1C. The Morgan fingerprint density at radius 2 is 2.22 bits per heavy atom. The molecule has 1 aliphatic rings. The first-order valence-corrected chi connectivity index (χ1v) is 7.99. The molecule has 0 fully saturated rings. The zero-order valence-corrected chi connectivity index (χ0v) is 13.9. The van der Waals surface area contributed by atoms with Crippen LogP contribution in [-0.4, -0.2) is 24.7 Å². The topological polar surface area (TPSA) is 55.6 Å². The van der Waals surface area contributed by atoms with Crippen molar-refractivity contribution < 1.29 is 14.1 Å². The van der Waals surface area contributed by atoms with Gasteiger partial charge in [-0.2, -0.15) is 0 Å². The van der Waals surface area contributed by atoms with Crippen LogP contribution in [0.4, 0.5) is 5.69 Å². The number of aryl methyl sites for hydroxylation is 3. The van der Waals surface area contributed by atoms with E-state index in [1.54, 1.807) is 7.11 Å². The van der Waals surface area contributed by atoms with E-state index in [1.165, 1.54) is 5.56 Å². The molecule has 1 aromatic carbocycles. The van der Waals surface area contributed by atoms with Gasteiger partial charge in [-0.1, -0.05) is 5.16 Å². The summed E-state index contributed by atoms with van der Waals surface area (Å²) in [4.78, 5) is 14.6. The maximum absolute atomic E-state index is 12.7. The number of rotatable bonds is 4. The second-order valence-corrected chi connectivity index (χ2v) is 5.95. The van der Waals surface area contributed by atoms with E-state index >= 15 is 0 Å². The molecule has 0 atom stereocenters. The Morgan fingerprint density at radius 1 is 1.39 bits per heavy atom. The minimum Gasteiger partial charge on any atom is -0.497 e. The Bertz CT molecular complexity index is 702. The maximum Gasteiger partial charge on any atom is 0.227 e. The van der Waals surface area contributed by atoms with Crippen LogP contribution in [0.2, 0.25) is 0 Å². The van der Waals surface area contributed by atoms with E-state index in [4.69, 9.17) is 9.26 Å². The standard InChI is InChI=1S/C18H22N2O3/c1-12-16(13(2)23-19-12)7-9-18(21)20-10-4-5-14-11-15(22-3)6-8-17(14)20/h6,8,11H,4-5,7,9-10H2,1-3H3. The number of hydrogen-bond donors (Lipinski definition) is 0. The van der Waals surface area contributed by atoms with Crippen molar-refractivity contribution in [1.29, 1.82) is 0 Å². The van der Waals surface area contributed by atoms with E-state index in [-0.39, 0.29) is 5.91 Å². The third-order valence-electron chi connectivity index (χ3n) is 4.48. The summed E-state index contributed by atoms with van der Waals surface area (Å²) in [7, 11) is 1.66. The molecule has 1 amide bonds. The van der Waals surface area contributed by atoms with Crippen molar-refractivity contribution in [1.82, 2.24) is 5.16 Å². The molecule has 0 bridgehead atoms. The molecule has 2 heterocycles. The van der Waals surface area contributed by atoms with Crippen LogP contribution in [0.15, 0.2) is 22.7 Å². The second kappa shape index (κ2) is 6.44. The van der Waals surface area contributed by atoms with Gasteiger partial charge in [0.2, 0.25) is 5.91 Å². The Morgan fingerprint density at radius 3 is 2.91 bits per heavy atom. The van der Waals surface area contributed by atoms with Gasteiger partial charge in [0.1, 0.15) is 11.5 Å². The maximum atomic E-state index is 12.7. The summed E-state index contributed by atoms with van der Waals surface area (Å²) in [5.74, 6) is 1.80. The highest BCUT2D eigenvalue weighted by Crippen LogP contribution is 2.31. The van der Waals surface area contributed by atoms with Gasteiger partial charge in [0.05, 0.1) is 12.8 Å². The number of fused-ring (bicyclic) bond motifs is 1. The average molecular weight is 314 g/mol. The Labute approximate surface area is 136 Å². The van der Waals surface area contributed by atoms with E-state index in [0.717, 1.165) is 47.8 Å². The largest absolute Gasteiger partial charge is 0.497 e. The fourth-order valence-corrected chi connectivity index (χ4v) is 3.19. The number of methoxy groups -OCH3 is 1. The minimum absolute atomic E-state index is 0.149. The quantitative estimate of drug-likeness (QED) is 0.869. The molecule has 2 aromatic rings. The third kappa shape index (κ3) is 3.09. The van der Waals surface area contributed by atoms with Gasteiger partial charge >= 0.3 is 0 Å². The van der Waals surface area contributed by atoms with E-state index in [1.807, 2.05) is 36.9 Å². The molecule has 0 saturated heterocycles. The molecule has 0 spiro atoms. The van der Waals surface area contributed by atoms with Crippen LogP contribution in [-0.2, 0) is 17.6 Å². The summed E-state index contributed by atoms with van der Waals surface area (Å²) >= 11 is 0. The van der Waals surface area contributed by atoms with Crippen LogP contribution < -0.4 is 9.64 Å². The van der Waals surface area contributed by atoms with Crippen LogP contribution in [0.5, 0.6) is 5.75 Å². The first-order chi connectivity index (χ1) is 11.1. The van der Waals surface area contributed by atoms with Crippen molar-refractivity contribution >= 4 is 11.6 Å². The highest BCUT2D eigenvalue weighted by atomic mass is 16.5. The zero-order valence-electron chi connectivity index (χ0n) is 13.9. The van der Waals surface area contributed by atoms with Crippen molar-refractivity contribution in [3.05, 3.63) is 40.8 Å². The van der Waals surface area contributed by atoms with Gasteiger partial charge in [-0.3, -0.25) is 4.79 Å². The van der Waals surface area contributed by atoms with E-state index < -0.39 is 0 Å². The summed E-state index contributed by atoms with van der Waals surface area (Å²) in [6, 6.07) is 5.93. The summed E-state index contributed by atoms with van der Waals surface area (Å²) in [5, 5.41) is 3.95. The monoisotopic (exact) mass is 314 g/mol. The molecule has 0 radical (unpaired) electrons. The zero-order chi connectivity index (χ0) is 16.4. The number of nitrogens with zero attached hydrogens (tertiary/aromatic N) is 2. The van der Waals surface area contributed by atoms with Crippen molar-refractivity contribution in [3.63, 3.8) is 0 Å². The predicted molar refractivity (Wildman–Crippen MR) is 88.0 cm³/mol. The molecular formula is C18H22N2O3. The number of carbonyl (C=O) groups is 1. The smallest absolute Gasteiger partial charge is 0.227 e. The third-order valence-corrected chi connectivity index (χ3v) is 4.48. The summed E-state index contributed by atoms with van der Waals surface area (Å²) in [6.07, 6.45) is 3.10. The Kier molecular flexibility index (Phi) is 4.37. The molecule has 5 nitrogen and oxygen atoms in total. The summed E-state index contributed by atoms with van der Waals surface area (Å²) in [6.45, 7) is 4.58. The van der Waals surface area contributed by atoms with Crippen molar-refractivity contribution in [2.24, 2.45) is 0 Å². The number of aromatic nitrogens is 1. The van der Waals surface area contributed by atoms with Gasteiger partial charge in [-0.25, -0.2) is 0 Å². The van der Waals surface area contributed by atoms with E-state index in [0.29, 0.717) is 12.8 Å². The minimum atomic E-state index is 0.149. The van der Waals surface area contributed by atoms with Crippen LogP contribution in [0.1, 0.15) is 35.4 Å². The van der Waals surface area contributed by atoms with Gasteiger partial charge in [0.25, 0.3) is 0 Å². The lowest BCUT2D eigenvalue weighted by atomic mass is 10.00. The number of hydrogen-bond acceptors (Lipinski definition) is 4. The lowest BCUT2D eigenvalue weighted by molar-refractivity contribution is -0.118. The lowest BCUT2D eigenvalue weighted by Gasteiger charge is -2.30. The fourth-order valence-electron chi connectivity index (χ4n) is 3.19. The molecule has 1 aliphatic heterocycles. The molecule has 122 valence electrons. The van der Waals surface area contributed by atoms with Crippen LogP contribution >= 0.6 is 0 Å². The number of benzene rings is 1. The highest BCUT2D eigenvalue weighted by Gasteiger charge is 2.23. The number of amides is 1. The van der Waals surface area contributed by atoms with Crippen molar-refractivity contribution in [2.45, 2.75) is 39.5 Å². The predicted octanol–water partition coefficient (Wildman–Crippen LogP) is 3.21. The van der Waals surface area contributed by atoms with Gasteiger partial charge < -0.3 is 14.2 Å². The number of carbonyl (C=O) groups excluding carboxylic acids is 1. The fraction of sp³-hybridized carbons (Fsp3) is 0.444. The summed E-state index contributed by atoms with van der Waals surface area (Å²) in [5.41, 5.74) is 4.12. The molecule has 5 heteroatoms. The van der Waals surface area contributed by atoms with Crippen LogP contribution in [0, 0.1) is 13.8 Å². The first-order valence-electron chi connectivity index (χ1n) is 7.99. The normalized spacial score (nSPS) is 13.8. The van der Waals surface area contributed by atoms with Gasteiger partial charge in [0, 0.05) is 24.2 Å². The molecule has 0 aliphatic carbocycles. The molecule has 0 saturated carbocycles. The number of ether oxygens (including phenoxy) is 1. The average Bonchev–Trinajstić information content (AvgIpc) is 2.89. The summed E-state index contributed by atoms with van der Waals surface area (Å²) < 4.78 is 10.4. The molecule has 0 N–H and O–H groups in total. The van der Waals surface area contributed by atoms with Crippen LogP contribution in [0.3, 0.4) is 0 Å².